The van der Waals surface area contributed by atoms with E-state index in [1.807, 2.05) is 32.0 Å². The summed E-state index contributed by atoms with van der Waals surface area (Å²) in [5, 5.41) is 8.77. The third-order valence-electron chi connectivity index (χ3n) is 5.81. The normalized spacial score (nSPS) is 12.4. The number of amides is 1. The molecule has 4 aromatic rings. The summed E-state index contributed by atoms with van der Waals surface area (Å²) in [5.74, 6) is 0.238. The van der Waals surface area contributed by atoms with Crippen molar-refractivity contribution in [2.75, 3.05) is 6.54 Å². The molecule has 0 aliphatic rings. The molecule has 0 fully saturated rings. The molecule has 0 saturated heterocycles. The van der Waals surface area contributed by atoms with E-state index in [0.717, 1.165) is 22.2 Å². The third kappa shape index (κ3) is 3.95. The Morgan fingerprint density at radius 2 is 1.87 bits per heavy atom. The molecule has 0 unspecified atom stereocenters. The minimum absolute atomic E-state index is 0.123. The molecule has 31 heavy (non-hydrogen) atoms. The first-order chi connectivity index (χ1) is 14.9. The van der Waals surface area contributed by atoms with Crippen LogP contribution in [0.4, 0.5) is 0 Å². The minimum atomic E-state index is -0.482. The number of carbonyl (C=O) groups excluding carboxylic acids is 1. The topological polar surface area (TPSA) is 92.7 Å². The lowest BCUT2D eigenvalue weighted by atomic mass is 10.0. The van der Waals surface area contributed by atoms with Crippen LogP contribution in [-0.4, -0.2) is 32.2 Å². The molecule has 0 aliphatic heterocycles. The van der Waals surface area contributed by atoms with Crippen LogP contribution in [0, 0.1) is 13.8 Å². The number of H-pyrrole nitrogens is 1. The molecule has 1 atom stereocenters. The number of aromatic amines is 1. The van der Waals surface area contributed by atoms with Gasteiger partial charge < -0.3 is 10.3 Å². The molecule has 4 rings (SSSR count). The van der Waals surface area contributed by atoms with Crippen molar-refractivity contribution in [3.8, 4) is 0 Å². The predicted octanol–water partition coefficient (Wildman–Crippen LogP) is 3.37. The molecule has 160 valence electrons. The van der Waals surface area contributed by atoms with Gasteiger partial charge in [-0.25, -0.2) is 9.67 Å². The molecule has 0 spiro atoms. The van der Waals surface area contributed by atoms with Gasteiger partial charge in [-0.1, -0.05) is 18.2 Å². The van der Waals surface area contributed by atoms with Gasteiger partial charge in [-0.15, -0.1) is 0 Å². The Kier molecular flexibility index (Phi) is 5.59. The second kappa shape index (κ2) is 8.34. The van der Waals surface area contributed by atoms with Crippen LogP contribution >= 0.6 is 0 Å². The fourth-order valence-electron chi connectivity index (χ4n) is 3.82. The molecular weight excluding hydrogens is 390 g/mol. The molecule has 7 heteroatoms. The average molecular weight is 418 g/mol. The largest absolute Gasteiger partial charge is 0.355 e. The van der Waals surface area contributed by atoms with E-state index in [1.54, 1.807) is 6.07 Å². The first kappa shape index (κ1) is 20.8. The lowest BCUT2D eigenvalue weighted by molar-refractivity contribution is -0.122. The number of aryl methyl sites for hydroxylation is 3. The molecule has 2 aromatic heterocycles. The highest BCUT2D eigenvalue weighted by Gasteiger charge is 2.21. The number of benzene rings is 2. The van der Waals surface area contributed by atoms with Crippen molar-refractivity contribution >= 4 is 27.7 Å². The number of hydrogen-bond acceptors (Lipinski definition) is 4. The first-order valence-electron chi connectivity index (χ1n) is 10.6. The molecule has 2 N–H and O–H groups in total. The Labute approximate surface area is 180 Å². The molecule has 0 bridgehead atoms. The lowest BCUT2D eigenvalue weighted by Gasteiger charge is -2.15. The summed E-state index contributed by atoms with van der Waals surface area (Å²) in [5.41, 5.74) is 4.86. The Morgan fingerprint density at radius 3 is 2.61 bits per heavy atom. The van der Waals surface area contributed by atoms with Crippen molar-refractivity contribution in [2.45, 2.75) is 46.6 Å². The summed E-state index contributed by atoms with van der Waals surface area (Å²) >= 11 is 0. The quantitative estimate of drug-likeness (QED) is 0.503. The van der Waals surface area contributed by atoms with E-state index in [2.05, 4.69) is 46.4 Å². The van der Waals surface area contributed by atoms with Gasteiger partial charge in [0.05, 0.1) is 28.0 Å². The monoisotopic (exact) mass is 417 g/mol. The van der Waals surface area contributed by atoms with E-state index < -0.39 is 5.92 Å². The van der Waals surface area contributed by atoms with E-state index in [4.69, 9.17) is 0 Å². The standard InChI is InChI=1S/C24H27N5O2/c1-5-29-24(31)18-9-7-6-8-17(18)22(28-29)16(4)23(30)25-11-10-21-26-19-12-14(2)15(3)13-20(19)27-21/h6-9,12-13,16H,5,10-11H2,1-4H3,(H,25,30)(H,26,27)/t16-/m1/s1. The Hall–Kier alpha value is -3.48. The van der Waals surface area contributed by atoms with E-state index in [9.17, 15) is 9.59 Å². The van der Waals surface area contributed by atoms with Gasteiger partial charge in [-0.2, -0.15) is 5.10 Å². The van der Waals surface area contributed by atoms with Gasteiger partial charge in [-0.3, -0.25) is 9.59 Å². The summed E-state index contributed by atoms with van der Waals surface area (Å²) in [6, 6.07) is 11.5. The van der Waals surface area contributed by atoms with Crippen molar-refractivity contribution < 1.29 is 4.79 Å². The number of imidazole rings is 1. The molecular formula is C24H27N5O2. The van der Waals surface area contributed by atoms with Gasteiger partial charge >= 0.3 is 0 Å². The molecule has 1 amide bonds. The second-order valence-corrected chi connectivity index (χ2v) is 7.95. The minimum Gasteiger partial charge on any atom is -0.355 e. The summed E-state index contributed by atoms with van der Waals surface area (Å²) in [6.07, 6.45) is 0.605. The van der Waals surface area contributed by atoms with Crippen LogP contribution in [0.25, 0.3) is 21.8 Å². The van der Waals surface area contributed by atoms with Crippen LogP contribution in [0.1, 0.15) is 42.4 Å². The van der Waals surface area contributed by atoms with Crippen molar-refractivity contribution in [1.29, 1.82) is 0 Å². The van der Waals surface area contributed by atoms with E-state index in [1.165, 1.54) is 15.8 Å². The maximum atomic E-state index is 12.9. The zero-order valence-corrected chi connectivity index (χ0v) is 18.3. The SMILES string of the molecule is CCn1nc([C@@H](C)C(=O)NCCc2nc3cc(C)c(C)cc3[nH]2)c2ccccc2c1=O. The summed E-state index contributed by atoms with van der Waals surface area (Å²) in [6.45, 7) is 8.76. The predicted molar refractivity (Wildman–Crippen MR) is 122 cm³/mol. The molecule has 0 aliphatic carbocycles. The summed E-state index contributed by atoms with van der Waals surface area (Å²) in [4.78, 5) is 33.4. The van der Waals surface area contributed by atoms with E-state index in [0.29, 0.717) is 30.6 Å². The van der Waals surface area contributed by atoms with Crippen LogP contribution in [0.3, 0.4) is 0 Å². The van der Waals surface area contributed by atoms with Gasteiger partial charge in [0.25, 0.3) is 5.56 Å². The van der Waals surface area contributed by atoms with Crippen molar-refractivity contribution in [2.24, 2.45) is 0 Å². The van der Waals surface area contributed by atoms with Crippen molar-refractivity contribution in [1.82, 2.24) is 25.1 Å². The number of carbonyl (C=O) groups is 1. The Morgan fingerprint density at radius 1 is 1.16 bits per heavy atom. The number of rotatable bonds is 6. The second-order valence-electron chi connectivity index (χ2n) is 7.95. The maximum Gasteiger partial charge on any atom is 0.274 e. The van der Waals surface area contributed by atoms with Crippen LogP contribution < -0.4 is 10.9 Å². The highest BCUT2D eigenvalue weighted by atomic mass is 16.2. The van der Waals surface area contributed by atoms with Crippen LogP contribution in [0.5, 0.6) is 0 Å². The number of nitrogens with zero attached hydrogens (tertiary/aromatic N) is 3. The zero-order chi connectivity index (χ0) is 22.1. The van der Waals surface area contributed by atoms with E-state index >= 15 is 0 Å². The molecule has 2 heterocycles. The highest BCUT2D eigenvalue weighted by molar-refractivity contribution is 5.91. The average Bonchev–Trinajstić information content (AvgIpc) is 3.15. The number of nitrogens with one attached hydrogen (secondary N) is 2. The fourth-order valence-corrected chi connectivity index (χ4v) is 3.82. The Bertz CT molecular complexity index is 1300. The maximum absolute atomic E-state index is 12.9. The van der Waals surface area contributed by atoms with Crippen molar-refractivity contribution in [3.63, 3.8) is 0 Å². The molecule has 0 radical (unpaired) electrons. The number of aromatic nitrogens is 4. The molecule has 0 saturated carbocycles. The lowest BCUT2D eigenvalue weighted by Crippen LogP contribution is -2.32. The fraction of sp³-hybridized carbons (Fsp3) is 0.333. The smallest absolute Gasteiger partial charge is 0.274 e. The zero-order valence-electron chi connectivity index (χ0n) is 18.3. The van der Waals surface area contributed by atoms with Gasteiger partial charge in [-0.05, 0) is 57.0 Å². The van der Waals surface area contributed by atoms with Gasteiger partial charge in [0.15, 0.2) is 0 Å². The first-order valence-corrected chi connectivity index (χ1v) is 10.6. The Balaban J connectivity index is 1.49. The molecule has 2 aromatic carbocycles. The van der Waals surface area contributed by atoms with Crippen molar-refractivity contribution in [3.05, 3.63) is 69.4 Å². The van der Waals surface area contributed by atoms with Gasteiger partial charge in [0.1, 0.15) is 5.82 Å². The summed E-state index contributed by atoms with van der Waals surface area (Å²) < 4.78 is 1.42. The van der Waals surface area contributed by atoms with Crippen LogP contribution in [0.15, 0.2) is 41.2 Å². The van der Waals surface area contributed by atoms with Crippen LogP contribution in [0.2, 0.25) is 0 Å². The van der Waals surface area contributed by atoms with Crippen LogP contribution in [-0.2, 0) is 17.8 Å². The molecule has 7 nitrogen and oxygen atoms in total. The summed E-state index contributed by atoms with van der Waals surface area (Å²) in [7, 11) is 0. The van der Waals surface area contributed by atoms with Gasteiger partial charge in [0, 0.05) is 24.9 Å². The highest BCUT2D eigenvalue weighted by Crippen LogP contribution is 2.22. The third-order valence-corrected chi connectivity index (χ3v) is 5.81. The number of fused-ring (bicyclic) bond motifs is 2. The van der Waals surface area contributed by atoms with Gasteiger partial charge in [0.2, 0.25) is 5.91 Å². The van der Waals surface area contributed by atoms with E-state index in [-0.39, 0.29) is 11.5 Å². The number of hydrogen-bond donors (Lipinski definition) is 2.